The molecule has 1 fully saturated rings. The first-order valence-corrected chi connectivity index (χ1v) is 3.92. The molecule has 1 atom stereocenters. The third-order valence-corrected chi connectivity index (χ3v) is 2.36. The zero-order valence-electron chi connectivity index (χ0n) is 5.14. The van der Waals surface area contributed by atoms with Crippen LogP contribution >= 0.6 is 0 Å². The van der Waals surface area contributed by atoms with Gasteiger partial charge in [-0.2, -0.15) is 0 Å². The molecule has 1 heterocycles. The normalized spacial score (nSPS) is 35.5. The molecule has 0 bridgehead atoms. The van der Waals surface area contributed by atoms with Gasteiger partial charge in [0, 0.05) is 0 Å². The van der Waals surface area contributed by atoms with E-state index in [0.29, 0.717) is 5.75 Å². The lowest BCUT2D eigenvalue weighted by molar-refractivity contribution is 0.151. The molecule has 1 unspecified atom stereocenters. The molecule has 1 aliphatic heterocycles. The van der Waals surface area contributed by atoms with Crippen LogP contribution in [0, 0.1) is 0 Å². The Morgan fingerprint density at radius 1 is 1.62 bits per heavy atom. The van der Waals surface area contributed by atoms with E-state index in [4.69, 9.17) is 4.18 Å². The Balaban J connectivity index is 2.56. The first kappa shape index (κ1) is 6.23. The SMILES string of the molecule is CC1(C)CCS(=O)O1. The highest BCUT2D eigenvalue weighted by Gasteiger charge is 2.29. The maximum absolute atomic E-state index is 10.5. The van der Waals surface area contributed by atoms with Crippen LogP contribution in [0.15, 0.2) is 0 Å². The van der Waals surface area contributed by atoms with E-state index in [2.05, 4.69) is 0 Å². The molecule has 2 nitrogen and oxygen atoms in total. The predicted octanol–water partition coefficient (Wildman–Crippen LogP) is 0.849. The molecule has 1 rings (SSSR count). The summed E-state index contributed by atoms with van der Waals surface area (Å²) in [6, 6.07) is 0. The maximum atomic E-state index is 10.5. The molecule has 1 aliphatic rings. The lowest BCUT2D eigenvalue weighted by atomic mass is 10.1. The van der Waals surface area contributed by atoms with Crippen molar-refractivity contribution in [2.24, 2.45) is 0 Å². The molecular weight excluding hydrogens is 124 g/mol. The van der Waals surface area contributed by atoms with E-state index in [9.17, 15) is 4.21 Å². The van der Waals surface area contributed by atoms with E-state index in [1.54, 1.807) is 0 Å². The van der Waals surface area contributed by atoms with Gasteiger partial charge in [-0.05, 0) is 20.3 Å². The van der Waals surface area contributed by atoms with E-state index in [1.807, 2.05) is 13.8 Å². The first-order chi connectivity index (χ1) is 3.60. The fraction of sp³-hybridized carbons (Fsp3) is 1.00. The van der Waals surface area contributed by atoms with Gasteiger partial charge in [0.2, 0.25) is 0 Å². The van der Waals surface area contributed by atoms with Gasteiger partial charge < -0.3 is 0 Å². The average Bonchev–Trinajstić information content (AvgIpc) is 1.82. The number of rotatable bonds is 0. The summed E-state index contributed by atoms with van der Waals surface area (Å²) in [7, 11) is 0. The van der Waals surface area contributed by atoms with E-state index in [0.717, 1.165) is 6.42 Å². The second-order valence-electron chi connectivity index (χ2n) is 2.60. The summed E-state index contributed by atoms with van der Waals surface area (Å²) in [6.45, 7) is 3.91. The highest BCUT2D eigenvalue weighted by Crippen LogP contribution is 2.23. The summed E-state index contributed by atoms with van der Waals surface area (Å²) in [5, 5.41) is 0. The van der Waals surface area contributed by atoms with Crippen LogP contribution in [0.5, 0.6) is 0 Å². The van der Waals surface area contributed by atoms with Gasteiger partial charge in [0.05, 0.1) is 11.4 Å². The Bertz CT molecular complexity index is 120. The van der Waals surface area contributed by atoms with Crippen molar-refractivity contribution in [1.82, 2.24) is 0 Å². The van der Waals surface area contributed by atoms with Crippen LogP contribution in [0.1, 0.15) is 20.3 Å². The Morgan fingerprint density at radius 3 is 2.38 bits per heavy atom. The summed E-state index contributed by atoms with van der Waals surface area (Å²) in [5.41, 5.74) is -0.134. The van der Waals surface area contributed by atoms with Crippen molar-refractivity contribution in [2.45, 2.75) is 25.9 Å². The van der Waals surface area contributed by atoms with Crippen LogP contribution in [0.25, 0.3) is 0 Å². The zero-order chi connectivity index (χ0) is 6.20. The van der Waals surface area contributed by atoms with Crippen LogP contribution in [-0.4, -0.2) is 15.6 Å². The van der Waals surface area contributed by atoms with Crippen LogP contribution < -0.4 is 0 Å². The van der Waals surface area contributed by atoms with Crippen LogP contribution in [-0.2, 0) is 15.3 Å². The van der Waals surface area contributed by atoms with Gasteiger partial charge in [0.1, 0.15) is 0 Å². The van der Waals surface area contributed by atoms with Crippen molar-refractivity contribution in [1.29, 1.82) is 0 Å². The van der Waals surface area contributed by atoms with Gasteiger partial charge in [-0.15, -0.1) is 0 Å². The van der Waals surface area contributed by atoms with Gasteiger partial charge >= 0.3 is 0 Å². The Hall–Kier alpha value is 0.110. The minimum absolute atomic E-state index is 0.134. The standard InChI is InChI=1S/C5H10O2S/c1-5(2)3-4-8(6)7-5/h3-4H2,1-2H3. The third kappa shape index (κ3) is 1.29. The molecule has 0 spiro atoms. The predicted molar refractivity (Wildman–Crippen MR) is 32.8 cm³/mol. The van der Waals surface area contributed by atoms with E-state index in [-0.39, 0.29) is 5.60 Å². The monoisotopic (exact) mass is 134 g/mol. The quantitative estimate of drug-likeness (QED) is 0.491. The van der Waals surface area contributed by atoms with Gasteiger partial charge in [-0.1, -0.05) is 0 Å². The summed E-state index contributed by atoms with van der Waals surface area (Å²) in [6.07, 6.45) is 0.916. The summed E-state index contributed by atoms with van der Waals surface area (Å²) in [4.78, 5) is 0. The van der Waals surface area contributed by atoms with E-state index >= 15 is 0 Å². The molecule has 1 saturated heterocycles. The highest BCUT2D eigenvalue weighted by molar-refractivity contribution is 7.80. The molecule has 0 aromatic heterocycles. The lowest BCUT2D eigenvalue weighted by Crippen LogP contribution is -2.16. The van der Waals surface area contributed by atoms with Crippen LogP contribution in [0.4, 0.5) is 0 Å². The molecule has 0 N–H and O–H groups in total. The second-order valence-corrected chi connectivity index (χ2v) is 3.78. The molecule has 0 saturated carbocycles. The van der Waals surface area contributed by atoms with E-state index < -0.39 is 11.1 Å². The topological polar surface area (TPSA) is 26.3 Å². The van der Waals surface area contributed by atoms with Crippen LogP contribution in [0.2, 0.25) is 0 Å². The molecule has 48 valence electrons. The number of hydrogen-bond donors (Lipinski definition) is 0. The van der Waals surface area contributed by atoms with Crippen molar-refractivity contribution >= 4 is 11.1 Å². The first-order valence-electron chi connectivity index (χ1n) is 2.68. The lowest BCUT2D eigenvalue weighted by Gasteiger charge is -2.11. The molecule has 0 aliphatic carbocycles. The molecule has 8 heavy (non-hydrogen) atoms. The van der Waals surface area contributed by atoms with Crippen molar-refractivity contribution in [3.63, 3.8) is 0 Å². The molecular formula is C5H10O2S. The van der Waals surface area contributed by atoms with Crippen LogP contribution in [0.3, 0.4) is 0 Å². The van der Waals surface area contributed by atoms with Gasteiger partial charge in [-0.3, -0.25) is 4.18 Å². The van der Waals surface area contributed by atoms with Crippen molar-refractivity contribution in [2.75, 3.05) is 5.75 Å². The number of hydrogen-bond acceptors (Lipinski definition) is 2. The zero-order valence-corrected chi connectivity index (χ0v) is 5.96. The van der Waals surface area contributed by atoms with Crippen molar-refractivity contribution in [3.05, 3.63) is 0 Å². The maximum Gasteiger partial charge on any atom is 0.156 e. The summed E-state index contributed by atoms with van der Waals surface area (Å²) >= 11 is -0.992. The van der Waals surface area contributed by atoms with Gasteiger partial charge in [0.15, 0.2) is 11.1 Å². The highest BCUT2D eigenvalue weighted by atomic mass is 32.2. The Kier molecular flexibility index (Phi) is 1.41. The minimum atomic E-state index is -0.992. The molecule has 0 amide bonds. The fourth-order valence-electron chi connectivity index (χ4n) is 0.664. The molecule has 0 aromatic carbocycles. The summed E-state index contributed by atoms with van der Waals surface area (Å²) < 4.78 is 15.6. The Labute approximate surface area is 51.9 Å². The molecule has 0 aromatic rings. The molecule has 3 heteroatoms. The van der Waals surface area contributed by atoms with Crippen molar-refractivity contribution in [3.8, 4) is 0 Å². The Morgan fingerprint density at radius 2 is 2.25 bits per heavy atom. The average molecular weight is 134 g/mol. The molecule has 0 radical (unpaired) electrons. The largest absolute Gasteiger partial charge is 0.284 e. The smallest absolute Gasteiger partial charge is 0.156 e. The fourth-order valence-corrected chi connectivity index (χ4v) is 1.99. The van der Waals surface area contributed by atoms with E-state index in [1.165, 1.54) is 0 Å². The summed E-state index contributed by atoms with van der Waals surface area (Å²) in [5.74, 6) is 0.701. The van der Waals surface area contributed by atoms with Gasteiger partial charge in [0.25, 0.3) is 0 Å². The van der Waals surface area contributed by atoms with Crippen molar-refractivity contribution < 1.29 is 8.39 Å². The minimum Gasteiger partial charge on any atom is -0.284 e. The second kappa shape index (κ2) is 1.81. The van der Waals surface area contributed by atoms with Gasteiger partial charge in [-0.25, -0.2) is 4.21 Å². The third-order valence-electron chi connectivity index (χ3n) is 1.19.